The SMILES string of the molecule is c1cc(-c2ccc(-c3cccc4c3sc3ccccc34)cc2)cc(-c2cccc(-c3cccc(-c4cnc5c6ccccc6c6ccccc6c5n4)c3)c2)c1. The van der Waals surface area contributed by atoms with Gasteiger partial charge in [0, 0.05) is 36.5 Å². The zero-order valence-corrected chi connectivity index (χ0v) is 30.6. The fraction of sp³-hybridized carbons (Fsp3) is 0. The lowest BCUT2D eigenvalue weighted by Gasteiger charge is -2.12. The van der Waals surface area contributed by atoms with E-state index in [1.54, 1.807) is 0 Å². The van der Waals surface area contributed by atoms with Gasteiger partial charge in [-0.15, -0.1) is 11.3 Å². The van der Waals surface area contributed by atoms with Crippen LogP contribution in [0.4, 0.5) is 0 Å². The standard InChI is InChI=1S/C52H32N2S/c1-3-20-45-42(17-1)43-18-2-4-21-46(43)51-50(45)53-32-48(54-51)40-16-9-15-39(31-40)38-14-8-13-37(30-38)36-12-7-11-35(29-36)33-25-27-34(28-26-33)41-22-10-23-47-44-19-5-6-24-49(44)55-52(41)47/h1-32H. The first-order chi connectivity index (χ1) is 27.2. The van der Waals surface area contributed by atoms with Crippen molar-refractivity contribution >= 4 is 64.1 Å². The van der Waals surface area contributed by atoms with Gasteiger partial charge in [0.2, 0.25) is 0 Å². The normalized spacial score (nSPS) is 11.6. The molecule has 0 unspecified atom stereocenters. The predicted molar refractivity (Wildman–Crippen MR) is 235 cm³/mol. The van der Waals surface area contributed by atoms with E-state index in [2.05, 4.69) is 188 Å². The zero-order valence-electron chi connectivity index (χ0n) is 29.8. The van der Waals surface area contributed by atoms with Crippen LogP contribution in [0.15, 0.2) is 194 Å². The molecule has 3 heteroatoms. The highest BCUT2D eigenvalue weighted by molar-refractivity contribution is 7.26. The number of rotatable bonds is 5. The van der Waals surface area contributed by atoms with E-state index in [4.69, 9.17) is 9.97 Å². The summed E-state index contributed by atoms with van der Waals surface area (Å²) in [6.07, 6.45) is 1.92. The monoisotopic (exact) mass is 716 g/mol. The summed E-state index contributed by atoms with van der Waals surface area (Å²) in [5.74, 6) is 0. The van der Waals surface area contributed by atoms with Gasteiger partial charge in [0.15, 0.2) is 0 Å². The molecule has 2 nitrogen and oxygen atoms in total. The maximum Gasteiger partial charge on any atom is 0.0979 e. The van der Waals surface area contributed by atoms with Crippen molar-refractivity contribution in [3.8, 4) is 55.8 Å². The molecule has 2 aromatic heterocycles. The molecular formula is C52H32N2S. The molecule has 55 heavy (non-hydrogen) atoms. The Labute approximate surface area is 322 Å². The van der Waals surface area contributed by atoms with E-state index in [0.29, 0.717) is 0 Å². The summed E-state index contributed by atoms with van der Waals surface area (Å²) in [6.45, 7) is 0. The van der Waals surface area contributed by atoms with Crippen LogP contribution < -0.4 is 0 Å². The number of thiophene rings is 1. The number of fused-ring (bicyclic) bond motifs is 9. The van der Waals surface area contributed by atoms with Crippen LogP contribution in [0.25, 0.3) is 109 Å². The van der Waals surface area contributed by atoms with Crippen LogP contribution in [0.1, 0.15) is 0 Å². The molecule has 0 amide bonds. The van der Waals surface area contributed by atoms with Crippen LogP contribution in [0.3, 0.4) is 0 Å². The number of hydrogen-bond donors (Lipinski definition) is 0. The summed E-state index contributed by atoms with van der Waals surface area (Å²) < 4.78 is 2.67. The third-order valence-electron chi connectivity index (χ3n) is 10.9. The highest BCUT2D eigenvalue weighted by Gasteiger charge is 2.14. The molecule has 0 N–H and O–H groups in total. The molecular weight excluding hydrogens is 685 g/mol. The van der Waals surface area contributed by atoms with Crippen LogP contribution >= 0.6 is 11.3 Å². The molecule has 0 aliphatic carbocycles. The third kappa shape index (κ3) is 5.40. The van der Waals surface area contributed by atoms with Gasteiger partial charge in [-0.25, -0.2) is 4.98 Å². The third-order valence-corrected chi connectivity index (χ3v) is 12.1. The van der Waals surface area contributed by atoms with Crippen molar-refractivity contribution in [2.24, 2.45) is 0 Å². The molecule has 2 heterocycles. The second kappa shape index (κ2) is 12.9. The summed E-state index contributed by atoms with van der Waals surface area (Å²) in [6, 6.07) is 67.8. The molecule has 0 atom stereocenters. The maximum atomic E-state index is 5.24. The van der Waals surface area contributed by atoms with Gasteiger partial charge in [0.05, 0.1) is 22.9 Å². The Bertz CT molecular complexity index is 3230. The molecule has 11 rings (SSSR count). The molecule has 0 bridgehead atoms. The van der Waals surface area contributed by atoms with Crippen molar-refractivity contribution in [1.29, 1.82) is 0 Å². The maximum absolute atomic E-state index is 5.24. The Balaban J connectivity index is 0.910. The fourth-order valence-electron chi connectivity index (χ4n) is 8.19. The first-order valence-electron chi connectivity index (χ1n) is 18.6. The van der Waals surface area contributed by atoms with Crippen LogP contribution in [0, 0.1) is 0 Å². The largest absolute Gasteiger partial charge is 0.252 e. The lowest BCUT2D eigenvalue weighted by Crippen LogP contribution is -1.92. The fourth-order valence-corrected chi connectivity index (χ4v) is 9.43. The summed E-state index contributed by atoms with van der Waals surface area (Å²) in [7, 11) is 0. The molecule has 0 aliphatic rings. The van der Waals surface area contributed by atoms with E-state index in [-0.39, 0.29) is 0 Å². The van der Waals surface area contributed by atoms with Crippen LogP contribution in [-0.2, 0) is 0 Å². The van der Waals surface area contributed by atoms with E-state index < -0.39 is 0 Å². The van der Waals surface area contributed by atoms with E-state index in [0.717, 1.165) is 44.2 Å². The molecule has 0 aliphatic heterocycles. The Morgan fingerprint density at radius 2 is 0.800 bits per heavy atom. The molecule has 9 aromatic carbocycles. The first-order valence-corrected chi connectivity index (χ1v) is 19.5. The van der Waals surface area contributed by atoms with Crippen LogP contribution in [0.5, 0.6) is 0 Å². The van der Waals surface area contributed by atoms with Gasteiger partial charge in [0.1, 0.15) is 0 Å². The first kappa shape index (κ1) is 31.6. The molecule has 0 spiro atoms. The molecule has 0 saturated carbocycles. The van der Waals surface area contributed by atoms with E-state index >= 15 is 0 Å². The number of nitrogens with zero attached hydrogens (tertiary/aromatic N) is 2. The van der Waals surface area contributed by atoms with Gasteiger partial charge in [-0.2, -0.15) is 0 Å². The predicted octanol–water partition coefficient (Wildman–Crippen LogP) is 14.6. The van der Waals surface area contributed by atoms with Crippen molar-refractivity contribution in [3.05, 3.63) is 194 Å². The Kier molecular flexibility index (Phi) is 7.39. The Morgan fingerprint density at radius 3 is 1.45 bits per heavy atom. The molecule has 0 radical (unpaired) electrons. The van der Waals surface area contributed by atoms with Crippen LogP contribution in [-0.4, -0.2) is 9.97 Å². The number of benzene rings is 9. The second-order valence-electron chi connectivity index (χ2n) is 14.1. The minimum absolute atomic E-state index is 0.866. The van der Waals surface area contributed by atoms with E-state index in [1.165, 1.54) is 64.3 Å². The Morgan fingerprint density at radius 1 is 0.327 bits per heavy atom. The minimum atomic E-state index is 0.866. The van der Waals surface area contributed by atoms with Crippen molar-refractivity contribution < 1.29 is 0 Å². The second-order valence-corrected chi connectivity index (χ2v) is 15.2. The van der Waals surface area contributed by atoms with Gasteiger partial charge in [-0.05, 0) is 79.5 Å². The Hall–Kier alpha value is -6.94. The molecule has 256 valence electrons. The van der Waals surface area contributed by atoms with Gasteiger partial charge >= 0.3 is 0 Å². The van der Waals surface area contributed by atoms with Gasteiger partial charge in [-0.3, -0.25) is 4.98 Å². The lowest BCUT2D eigenvalue weighted by molar-refractivity contribution is 1.31. The number of aromatic nitrogens is 2. The molecule has 0 saturated heterocycles. The lowest BCUT2D eigenvalue weighted by atomic mass is 9.94. The topological polar surface area (TPSA) is 25.8 Å². The summed E-state index contributed by atoms with van der Waals surface area (Å²) >= 11 is 1.88. The summed E-state index contributed by atoms with van der Waals surface area (Å²) in [5.41, 5.74) is 13.4. The molecule has 11 aromatic rings. The van der Waals surface area contributed by atoms with Crippen molar-refractivity contribution in [2.45, 2.75) is 0 Å². The van der Waals surface area contributed by atoms with Gasteiger partial charge in [-0.1, -0.05) is 164 Å². The average molecular weight is 717 g/mol. The average Bonchev–Trinajstić information content (AvgIpc) is 3.66. The highest BCUT2D eigenvalue weighted by Crippen LogP contribution is 2.41. The van der Waals surface area contributed by atoms with Crippen molar-refractivity contribution in [3.63, 3.8) is 0 Å². The van der Waals surface area contributed by atoms with E-state index in [9.17, 15) is 0 Å². The minimum Gasteiger partial charge on any atom is -0.252 e. The highest BCUT2D eigenvalue weighted by atomic mass is 32.1. The quantitative estimate of drug-likeness (QED) is 0.166. The van der Waals surface area contributed by atoms with E-state index in [1.807, 2.05) is 17.5 Å². The molecule has 0 fully saturated rings. The van der Waals surface area contributed by atoms with Crippen molar-refractivity contribution in [2.75, 3.05) is 0 Å². The van der Waals surface area contributed by atoms with Crippen LogP contribution in [0.2, 0.25) is 0 Å². The number of hydrogen-bond acceptors (Lipinski definition) is 3. The van der Waals surface area contributed by atoms with Gasteiger partial charge < -0.3 is 0 Å². The summed E-state index contributed by atoms with van der Waals surface area (Å²) in [4.78, 5) is 10.2. The summed E-state index contributed by atoms with van der Waals surface area (Å²) in [5, 5.41) is 7.31. The smallest absolute Gasteiger partial charge is 0.0979 e. The zero-order chi connectivity index (χ0) is 36.3. The van der Waals surface area contributed by atoms with Crippen molar-refractivity contribution in [1.82, 2.24) is 9.97 Å². The van der Waals surface area contributed by atoms with Gasteiger partial charge in [0.25, 0.3) is 0 Å².